The van der Waals surface area contributed by atoms with Crippen molar-refractivity contribution < 1.29 is 12.8 Å². The van der Waals surface area contributed by atoms with Gasteiger partial charge in [0.1, 0.15) is 12.1 Å². The van der Waals surface area contributed by atoms with E-state index in [1.807, 2.05) is 0 Å². The molecule has 10 nitrogen and oxygen atoms in total. The number of thiocarbonyl (C=S) groups is 1. The molecular formula is C20H17FN8O2S2. The minimum atomic E-state index is -3.83. The number of aromatic nitrogens is 5. The Balaban J connectivity index is 1.34. The molecule has 2 heterocycles. The highest BCUT2D eigenvalue weighted by atomic mass is 32.2. The molecule has 0 spiro atoms. The van der Waals surface area contributed by atoms with Crippen molar-refractivity contribution in [3.05, 3.63) is 84.7 Å². The van der Waals surface area contributed by atoms with E-state index < -0.39 is 10.0 Å². The van der Waals surface area contributed by atoms with Crippen molar-refractivity contribution >= 4 is 44.9 Å². The first-order valence-corrected chi connectivity index (χ1v) is 11.4. The van der Waals surface area contributed by atoms with Crippen molar-refractivity contribution in [1.29, 1.82) is 0 Å². The standard InChI is InChI=1S/C20H17FN8O2S2/c21-15-4-1-3-14(11-15)12-29-13-24-19(27-29)26-20(32)25-16-5-7-17(8-6-16)33(30,31)28-18-22-9-2-10-23-18/h1-11,13H,12H2,(H,22,23,28)(H2,25,26,27,32). The van der Waals surface area contributed by atoms with Crippen LogP contribution in [-0.2, 0) is 16.6 Å². The summed E-state index contributed by atoms with van der Waals surface area (Å²) < 4.78 is 42.0. The maximum Gasteiger partial charge on any atom is 0.264 e. The summed E-state index contributed by atoms with van der Waals surface area (Å²) in [4.78, 5) is 11.9. The largest absolute Gasteiger partial charge is 0.332 e. The number of sulfonamides is 1. The number of rotatable bonds is 7. The molecule has 4 aromatic rings. The first kappa shape index (κ1) is 22.2. The Labute approximate surface area is 194 Å². The topological polar surface area (TPSA) is 127 Å². The molecule has 0 atom stereocenters. The van der Waals surface area contributed by atoms with E-state index in [9.17, 15) is 12.8 Å². The third-order valence-corrected chi connectivity index (χ3v) is 5.76. The van der Waals surface area contributed by atoms with Crippen molar-refractivity contribution in [2.24, 2.45) is 0 Å². The normalized spacial score (nSPS) is 11.1. The second-order valence-corrected chi connectivity index (χ2v) is 8.77. The Hall–Kier alpha value is -3.97. The molecule has 2 aromatic carbocycles. The summed E-state index contributed by atoms with van der Waals surface area (Å²) in [6.45, 7) is 0.352. The summed E-state index contributed by atoms with van der Waals surface area (Å²) in [6.07, 6.45) is 4.37. The van der Waals surface area contributed by atoms with Gasteiger partial charge in [0.15, 0.2) is 5.11 Å². The fraction of sp³-hybridized carbons (Fsp3) is 0.0500. The molecule has 0 aliphatic carbocycles. The molecule has 0 unspecified atom stereocenters. The Kier molecular flexibility index (Phi) is 6.51. The number of halogens is 1. The van der Waals surface area contributed by atoms with E-state index in [-0.39, 0.29) is 27.7 Å². The molecule has 0 saturated carbocycles. The maximum atomic E-state index is 13.3. The van der Waals surface area contributed by atoms with Gasteiger partial charge >= 0.3 is 0 Å². The van der Waals surface area contributed by atoms with Gasteiger partial charge in [0, 0.05) is 18.1 Å². The molecule has 3 N–H and O–H groups in total. The van der Waals surface area contributed by atoms with E-state index >= 15 is 0 Å². The molecule has 0 fully saturated rings. The van der Waals surface area contributed by atoms with E-state index in [1.165, 1.54) is 43.0 Å². The lowest BCUT2D eigenvalue weighted by molar-refractivity contribution is 0.601. The van der Waals surface area contributed by atoms with Crippen LogP contribution in [-0.4, -0.2) is 38.3 Å². The number of hydrogen-bond donors (Lipinski definition) is 3. The zero-order valence-electron chi connectivity index (χ0n) is 16.9. The number of anilines is 3. The summed E-state index contributed by atoms with van der Waals surface area (Å²) >= 11 is 5.26. The number of benzene rings is 2. The van der Waals surface area contributed by atoms with Crippen molar-refractivity contribution in [2.75, 3.05) is 15.4 Å². The van der Waals surface area contributed by atoms with Crippen LogP contribution in [0.4, 0.5) is 22.0 Å². The van der Waals surface area contributed by atoms with E-state index in [4.69, 9.17) is 12.2 Å². The first-order chi connectivity index (χ1) is 15.9. The molecule has 13 heteroatoms. The zero-order chi connectivity index (χ0) is 23.3. The van der Waals surface area contributed by atoms with Crippen LogP contribution in [0.5, 0.6) is 0 Å². The Morgan fingerprint density at radius 2 is 1.73 bits per heavy atom. The van der Waals surface area contributed by atoms with Gasteiger partial charge in [-0.15, -0.1) is 5.10 Å². The minimum Gasteiger partial charge on any atom is -0.332 e. The van der Waals surface area contributed by atoms with Crippen LogP contribution in [0.15, 0.2) is 78.2 Å². The van der Waals surface area contributed by atoms with Gasteiger partial charge in [0.2, 0.25) is 11.9 Å². The number of hydrogen-bond acceptors (Lipinski definition) is 7. The Morgan fingerprint density at radius 3 is 2.45 bits per heavy atom. The summed E-state index contributed by atoms with van der Waals surface area (Å²) in [6, 6.07) is 13.8. The predicted octanol–water partition coefficient (Wildman–Crippen LogP) is 2.87. The molecular weight excluding hydrogens is 467 g/mol. The van der Waals surface area contributed by atoms with Crippen LogP contribution < -0.4 is 15.4 Å². The monoisotopic (exact) mass is 484 g/mol. The van der Waals surface area contributed by atoms with Crippen LogP contribution in [0.25, 0.3) is 0 Å². The molecule has 0 aliphatic rings. The number of nitrogens with zero attached hydrogens (tertiary/aromatic N) is 5. The van der Waals surface area contributed by atoms with E-state index in [1.54, 1.807) is 35.0 Å². The summed E-state index contributed by atoms with van der Waals surface area (Å²) in [5, 5.41) is 10.2. The molecule has 168 valence electrons. The second kappa shape index (κ2) is 9.67. The summed E-state index contributed by atoms with van der Waals surface area (Å²) in [5.41, 5.74) is 1.30. The van der Waals surface area contributed by atoms with Crippen LogP contribution in [0.1, 0.15) is 5.56 Å². The molecule has 0 bridgehead atoms. The fourth-order valence-corrected chi connectivity index (χ4v) is 3.93. The van der Waals surface area contributed by atoms with E-state index in [0.29, 0.717) is 12.2 Å². The van der Waals surface area contributed by atoms with Gasteiger partial charge in [-0.1, -0.05) is 12.1 Å². The fourth-order valence-electron chi connectivity index (χ4n) is 2.76. The van der Waals surface area contributed by atoms with Gasteiger partial charge in [0.05, 0.1) is 11.4 Å². The van der Waals surface area contributed by atoms with Crippen LogP contribution in [0, 0.1) is 5.82 Å². The maximum absolute atomic E-state index is 13.3. The molecule has 33 heavy (non-hydrogen) atoms. The highest BCUT2D eigenvalue weighted by Gasteiger charge is 2.15. The molecule has 2 aromatic heterocycles. The Bertz CT molecular complexity index is 1360. The third-order valence-electron chi connectivity index (χ3n) is 4.21. The summed E-state index contributed by atoms with van der Waals surface area (Å²) in [5.74, 6) is -0.0797. The van der Waals surface area contributed by atoms with Crippen LogP contribution >= 0.6 is 12.2 Å². The van der Waals surface area contributed by atoms with Crippen molar-refractivity contribution in [2.45, 2.75) is 11.4 Å². The molecule has 0 amide bonds. The molecule has 4 rings (SSSR count). The lowest BCUT2D eigenvalue weighted by atomic mass is 10.2. The average molecular weight is 485 g/mol. The Morgan fingerprint density at radius 1 is 0.970 bits per heavy atom. The average Bonchev–Trinajstić information content (AvgIpc) is 3.21. The number of nitrogens with one attached hydrogen (secondary N) is 3. The van der Waals surface area contributed by atoms with Crippen molar-refractivity contribution in [3.63, 3.8) is 0 Å². The smallest absolute Gasteiger partial charge is 0.264 e. The highest BCUT2D eigenvalue weighted by Crippen LogP contribution is 2.16. The lowest BCUT2D eigenvalue weighted by Gasteiger charge is -2.10. The van der Waals surface area contributed by atoms with Gasteiger partial charge < -0.3 is 5.32 Å². The SMILES string of the molecule is O=S(=O)(Nc1ncccn1)c1ccc(NC(=S)Nc2ncn(Cc3cccc(F)c3)n2)cc1. The minimum absolute atomic E-state index is 0.0191. The van der Waals surface area contributed by atoms with Gasteiger partial charge in [-0.3, -0.25) is 5.32 Å². The zero-order valence-corrected chi connectivity index (χ0v) is 18.5. The van der Waals surface area contributed by atoms with E-state index in [2.05, 4.69) is 35.4 Å². The molecule has 0 saturated heterocycles. The van der Waals surface area contributed by atoms with Crippen LogP contribution in [0.3, 0.4) is 0 Å². The van der Waals surface area contributed by atoms with Crippen molar-refractivity contribution in [1.82, 2.24) is 24.7 Å². The van der Waals surface area contributed by atoms with Gasteiger partial charge in [0.25, 0.3) is 10.0 Å². The highest BCUT2D eigenvalue weighted by molar-refractivity contribution is 7.92. The summed E-state index contributed by atoms with van der Waals surface area (Å²) in [7, 11) is -3.83. The third kappa shape index (κ3) is 6.05. The quantitative estimate of drug-likeness (QED) is 0.339. The van der Waals surface area contributed by atoms with Gasteiger partial charge in [-0.2, -0.15) is 0 Å². The van der Waals surface area contributed by atoms with E-state index in [0.717, 1.165) is 5.56 Å². The predicted molar refractivity (Wildman–Crippen MR) is 125 cm³/mol. The molecule has 0 aliphatic heterocycles. The van der Waals surface area contributed by atoms with Gasteiger partial charge in [-0.05, 0) is 60.2 Å². The first-order valence-electron chi connectivity index (χ1n) is 9.49. The van der Waals surface area contributed by atoms with Crippen molar-refractivity contribution in [3.8, 4) is 0 Å². The molecule has 0 radical (unpaired) electrons. The lowest BCUT2D eigenvalue weighted by Crippen LogP contribution is -2.20. The second-order valence-electron chi connectivity index (χ2n) is 6.68. The van der Waals surface area contributed by atoms with Crippen LogP contribution in [0.2, 0.25) is 0 Å². The van der Waals surface area contributed by atoms with Gasteiger partial charge in [-0.25, -0.2) is 37.2 Å².